The van der Waals surface area contributed by atoms with Crippen LogP contribution in [0, 0.1) is 5.82 Å². The number of rotatable bonds is 4. The number of imidazole rings is 1. The lowest BCUT2D eigenvalue weighted by molar-refractivity contribution is 0.0790. The van der Waals surface area contributed by atoms with E-state index in [-0.39, 0.29) is 17.6 Å². The Morgan fingerprint density at radius 2 is 2.30 bits per heavy atom. The second kappa shape index (κ2) is 6.50. The molecule has 2 heterocycles. The molecule has 2 aromatic rings. The number of hydrogen-bond donors (Lipinski definition) is 1. The summed E-state index contributed by atoms with van der Waals surface area (Å²) in [7, 11) is 4.02. The van der Waals surface area contributed by atoms with Crippen LogP contribution in [0.5, 0.6) is 0 Å². The molecular weight excluding hydrogens is 295 g/mol. The molecule has 0 saturated carbocycles. The van der Waals surface area contributed by atoms with Crippen molar-refractivity contribution in [2.75, 3.05) is 27.2 Å². The molecule has 3 rings (SSSR count). The molecule has 122 valence electrons. The first-order chi connectivity index (χ1) is 11.0. The third kappa shape index (κ3) is 3.59. The number of carbonyl (C=O) groups is 1. The van der Waals surface area contributed by atoms with Gasteiger partial charge in [0.05, 0.1) is 0 Å². The number of aromatic nitrogens is 2. The van der Waals surface area contributed by atoms with E-state index in [0.29, 0.717) is 18.7 Å². The van der Waals surface area contributed by atoms with E-state index in [4.69, 9.17) is 0 Å². The molecule has 1 aromatic carbocycles. The fraction of sp³-hybridized carbons (Fsp3) is 0.412. The maximum Gasteiger partial charge on any atom is 0.253 e. The third-order valence-electron chi connectivity index (χ3n) is 4.07. The van der Waals surface area contributed by atoms with Gasteiger partial charge in [0.25, 0.3) is 5.91 Å². The van der Waals surface area contributed by atoms with Crippen LogP contribution < -0.4 is 0 Å². The topological polar surface area (TPSA) is 52.2 Å². The Kier molecular flexibility index (Phi) is 4.43. The van der Waals surface area contributed by atoms with Crippen LogP contribution in [0.1, 0.15) is 34.2 Å². The van der Waals surface area contributed by atoms with Gasteiger partial charge in [0.2, 0.25) is 0 Å². The van der Waals surface area contributed by atoms with E-state index < -0.39 is 0 Å². The van der Waals surface area contributed by atoms with Crippen LogP contribution in [0.25, 0.3) is 0 Å². The molecule has 23 heavy (non-hydrogen) atoms. The Hall–Kier alpha value is -2.21. The van der Waals surface area contributed by atoms with Crippen molar-refractivity contribution in [2.45, 2.75) is 18.9 Å². The van der Waals surface area contributed by atoms with Gasteiger partial charge in [-0.15, -0.1) is 0 Å². The van der Waals surface area contributed by atoms with Gasteiger partial charge < -0.3 is 14.8 Å². The molecule has 1 N–H and O–H groups in total. The van der Waals surface area contributed by atoms with Crippen LogP contribution in [0.15, 0.2) is 30.5 Å². The first-order valence-electron chi connectivity index (χ1n) is 7.76. The van der Waals surface area contributed by atoms with Gasteiger partial charge in [-0.25, -0.2) is 9.37 Å². The summed E-state index contributed by atoms with van der Waals surface area (Å²) < 4.78 is 13.3. The molecule has 0 radical (unpaired) electrons. The molecule has 1 aliphatic rings. The van der Waals surface area contributed by atoms with Crippen molar-refractivity contribution >= 4 is 5.91 Å². The number of amides is 1. The molecule has 0 aliphatic carbocycles. The predicted molar refractivity (Wildman–Crippen MR) is 85.6 cm³/mol. The maximum absolute atomic E-state index is 13.3. The molecule has 1 aromatic heterocycles. The second-order valence-corrected chi connectivity index (χ2v) is 6.28. The lowest BCUT2D eigenvalue weighted by Gasteiger charge is -2.16. The molecule has 5 nitrogen and oxygen atoms in total. The SMILES string of the molecule is CN(C)Cc1cnc([C@H]2CCN(C(=O)c3cccc(F)c3)C2)[nH]1. The summed E-state index contributed by atoms with van der Waals surface area (Å²) in [5.74, 6) is 0.637. The predicted octanol–water partition coefficient (Wildman–Crippen LogP) is 2.24. The van der Waals surface area contributed by atoms with Gasteiger partial charge in [0.15, 0.2) is 0 Å². The molecule has 0 spiro atoms. The van der Waals surface area contributed by atoms with Crippen LogP contribution in [0.2, 0.25) is 0 Å². The van der Waals surface area contributed by atoms with Gasteiger partial charge >= 0.3 is 0 Å². The minimum Gasteiger partial charge on any atom is -0.345 e. The number of aromatic amines is 1. The van der Waals surface area contributed by atoms with E-state index in [1.165, 1.54) is 12.1 Å². The van der Waals surface area contributed by atoms with Crippen molar-refractivity contribution in [3.8, 4) is 0 Å². The molecule has 0 bridgehead atoms. The van der Waals surface area contributed by atoms with E-state index >= 15 is 0 Å². The van der Waals surface area contributed by atoms with Gasteiger partial charge in [-0.2, -0.15) is 0 Å². The second-order valence-electron chi connectivity index (χ2n) is 6.28. The molecule has 0 unspecified atom stereocenters. The maximum atomic E-state index is 13.3. The smallest absolute Gasteiger partial charge is 0.253 e. The van der Waals surface area contributed by atoms with E-state index in [1.54, 1.807) is 17.0 Å². The highest BCUT2D eigenvalue weighted by molar-refractivity contribution is 5.94. The van der Waals surface area contributed by atoms with Gasteiger partial charge in [-0.1, -0.05) is 6.07 Å². The molecule has 1 fully saturated rings. The normalized spacial score (nSPS) is 17.9. The number of carbonyl (C=O) groups excluding carboxylic acids is 1. The fourth-order valence-corrected chi connectivity index (χ4v) is 2.98. The van der Waals surface area contributed by atoms with Crippen molar-refractivity contribution in [1.29, 1.82) is 0 Å². The number of likely N-dealkylation sites (tertiary alicyclic amines) is 1. The zero-order chi connectivity index (χ0) is 16.4. The summed E-state index contributed by atoms with van der Waals surface area (Å²) >= 11 is 0. The number of halogens is 1. The van der Waals surface area contributed by atoms with Crippen LogP contribution in [0.3, 0.4) is 0 Å². The van der Waals surface area contributed by atoms with Crippen LogP contribution in [0.4, 0.5) is 4.39 Å². The number of H-pyrrole nitrogens is 1. The average molecular weight is 316 g/mol. The lowest BCUT2D eigenvalue weighted by atomic mass is 10.1. The van der Waals surface area contributed by atoms with Crippen molar-refractivity contribution in [1.82, 2.24) is 19.8 Å². The molecule has 1 aliphatic heterocycles. The fourth-order valence-electron chi connectivity index (χ4n) is 2.98. The van der Waals surface area contributed by atoms with E-state index in [2.05, 4.69) is 14.9 Å². The third-order valence-corrected chi connectivity index (χ3v) is 4.07. The Labute approximate surface area is 135 Å². The summed E-state index contributed by atoms with van der Waals surface area (Å²) in [6.45, 7) is 2.10. The Bertz CT molecular complexity index is 697. The Morgan fingerprint density at radius 1 is 1.48 bits per heavy atom. The Morgan fingerprint density at radius 3 is 3.04 bits per heavy atom. The minimum absolute atomic E-state index is 0.118. The van der Waals surface area contributed by atoms with Crippen molar-refractivity contribution in [3.63, 3.8) is 0 Å². The largest absolute Gasteiger partial charge is 0.345 e. The van der Waals surface area contributed by atoms with Crippen LogP contribution in [-0.4, -0.2) is 52.9 Å². The van der Waals surface area contributed by atoms with Gasteiger partial charge in [0, 0.05) is 43.0 Å². The first-order valence-corrected chi connectivity index (χ1v) is 7.76. The minimum atomic E-state index is -0.383. The van der Waals surface area contributed by atoms with E-state index in [9.17, 15) is 9.18 Å². The highest BCUT2D eigenvalue weighted by Gasteiger charge is 2.29. The highest BCUT2D eigenvalue weighted by Crippen LogP contribution is 2.26. The summed E-state index contributed by atoms with van der Waals surface area (Å²) in [5.41, 5.74) is 1.47. The lowest BCUT2D eigenvalue weighted by Crippen LogP contribution is -2.28. The molecule has 1 amide bonds. The van der Waals surface area contributed by atoms with Gasteiger partial charge in [0.1, 0.15) is 11.6 Å². The number of benzene rings is 1. The number of hydrogen-bond acceptors (Lipinski definition) is 3. The van der Waals surface area contributed by atoms with Crippen molar-refractivity contribution in [2.24, 2.45) is 0 Å². The van der Waals surface area contributed by atoms with Crippen molar-refractivity contribution in [3.05, 3.63) is 53.4 Å². The van der Waals surface area contributed by atoms with Crippen LogP contribution in [-0.2, 0) is 6.54 Å². The standard InChI is InChI=1S/C17H21FN4O/c1-21(2)11-15-9-19-16(20-15)13-6-7-22(10-13)17(23)12-4-3-5-14(18)8-12/h3-5,8-9,13H,6-7,10-11H2,1-2H3,(H,19,20)/t13-/m0/s1. The highest BCUT2D eigenvalue weighted by atomic mass is 19.1. The summed E-state index contributed by atoms with van der Waals surface area (Å²) in [6.07, 6.45) is 2.72. The van der Waals surface area contributed by atoms with Crippen molar-refractivity contribution < 1.29 is 9.18 Å². The zero-order valence-electron chi connectivity index (χ0n) is 13.4. The quantitative estimate of drug-likeness (QED) is 0.941. The monoisotopic (exact) mass is 316 g/mol. The number of nitrogens with one attached hydrogen (secondary N) is 1. The first kappa shape index (κ1) is 15.7. The van der Waals surface area contributed by atoms with Crippen LogP contribution >= 0.6 is 0 Å². The van der Waals surface area contributed by atoms with Gasteiger partial charge in [-0.05, 0) is 38.7 Å². The summed E-state index contributed by atoms with van der Waals surface area (Å²) in [5, 5.41) is 0. The number of nitrogens with zero attached hydrogens (tertiary/aromatic N) is 3. The summed E-state index contributed by atoms with van der Waals surface area (Å²) in [6, 6.07) is 5.85. The summed E-state index contributed by atoms with van der Waals surface area (Å²) in [4.78, 5) is 24.1. The van der Waals surface area contributed by atoms with E-state index in [0.717, 1.165) is 24.5 Å². The molecular formula is C17H21FN4O. The van der Waals surface area contributed by atoms with Gasteiger partial charge in [-0.3, -0.25) is 4.79 Å². The zero-order valence-corrected chi connectivity index (χ0v) is 13.4. The molecule has 1 saturated heterocycles. The Balaban J connectivity index is 1.66. The molecule has 1 atom stereocenters. The van der Waals surface area contributed by atoms with E-state index in [1.807, 2.05) is 20.3 Å². The molecule has 6 heteroatoms. The average Bonchev–Trinajstić information content (AvgIpc) is 3.14.